The first-order valence-corrected chi connectivity index (χ1v) is 7.15. The molecule has 0 saturated carbocycles. The maximum atomic E-state index is 10.2. The van der Waals surface area contributed by atoms with E-state index in [9.17, 15) is 10.2 Å². The van der Waals surface area contributed by atoms with Crippen LogP contribution in [0.2, 0.25) is 0 Å². The van der Waals surface area contributed by atoms with Crippen molar-refractivity contribution in [2.24, 2.45) is 11.8 Å². The summed E-state index contributed by atoms with van der Waals surface area (Å²) in [6, 6.07) is 3.47. The van der Waals surface area contributed by atoms with Gasteiger partial charge < -0.3 is 10.2 Å². The minimum absolute atomic E-state index is 0.208. The average molecular weight is 260 g/mol. The van der Waals surface area contributed by atoms with Gasteiger partial charge in [-0.05, 0) is 61.3 Å². The van der Waals surface area contributed by atoms with Crippen LogP contribution in [0.4, 0.5) is 0 Å². The minimum atomic E-state index is 0.208. The summed E-state index contributed by atoms with van der Waals surface area (Å²) in [6.07, 6.45) is 3.21. The second kappa shape index (κ2) is 5.28. The van der Waals surface area contributed by atoms with Crippen molar-refractivity contribution < 1.29 is 10.2 Å². The van der Waals surface area contributed by atoms with Crippen molar-refractivity contribution in [2.75, 3.05) is 0 Å². The molecule has 0 radical (unpaired) electrons. The van der Waals surface area contributed by atoms with Crippen LogP contribution in [0.25, 0.3) is 5.57 Å². The van der Waals surface area contributed by atoms with Gasteiger partial charge in [-0.15, -0.1) is 0 Å². The number of aryl methyl sites for hydroxylation is 1. The van der Waals surface area contributed by atoms with Gasteiger partial charge >= 0.3 is 0 Å². The highest BCUT2D eigenvalue weighted by atomic mass is 16.3. The minimum Gasteiger partial charge on any atom is -0.507 e. The van der Waals surface area contributed by atoms with Crippen molar-refractivity contribution in [2.45, 2.75) is 47.0 Å². The lowest BCUT2D eigenvalue weighted by molar-refractivity contribution is 0.441. The summed E-state index contributed by atoms with van der Waals surface area (Å²) in [7, 11) is 0. The Balaban J connectivity index is 2.60. The fourth-order valence-electron chi connectivity index (χ4n) is 3.09. The molecule has 1 aromatic carbocycles. The zero-order valence-corrected chi connectivity index (χ0v) is 12.3. The first-order chi connectivity index (χ1) is 8.90. The largest absolute Gasteiger partial charge is 0.507 e. The zero-order chi connectivity index (χ0) is 14.2. The average Bonchev–Trinajstić information content (AvgIpc) is 2.27. The van der Waals surface area contributed by atoms with E-state index in [0.717, 1.165) is 24.0 Å². The molecule has 1 aliphatic carbocycles. The van der Waals surface area contributed by atoms with E-state index in [1.807, 2.05) is 6.92 Å². The third kappa shape index (κ3) is 2.78. The van der Waals surface area contributed by atoms with Crippen LogP contribution < -0.4 is 0 Å². The summed E-state index contributed by atoms with van der Waals surface area (Å²) in [5, 5.41) is 20.4. The second-order valence-corrected chi connectivity index (χ2v) is 6.18. The van der Waals surface area contributed by atoms with Crippen molar-refractivity contribution in [1.82, 2.24) is 0 Å². The molecule has 0 amide bonds. The Morgan fingerprint density at radius 2 is 1.74 bits per heavy atom. The number of benzene rings is 1. The highest BCUT2D eigenvalue weighted by molar-refractivity contribution is 5.78. The highest BCUT2D eigenvalue weighted by Gasteiger charge is 2.24. The van der Waals surface area contributed by atoms with Gasteiger partial charge in [-0.3, -0.25) is 0 Å². The second-order valence-electron chi connectivity index (χ2n) is 6.18. The number of rotatable bonds is 2. The molecule has 2 heteroatoms. The molecule has 1 aliphatic rings. The Morgan fingerprint density at radius 1 is 1.16 bits per heavy atom. The molecule has 104 valence electrons. The van der Waals surface area contributed by atoms with Gasteiger partial charge in [-0.1, -0.05) is 26.3 Å². The van der Waals surface area contributed by atoms with Crippen LogP contribution in [0.1, 0.15) is 51.2 Å². The Labute approximate surface area is 115 Å². The molecule has 0 aromatic heterocycles. The highest BCUT2D eigenvalue weighted by Crippen LogP contribution is 2.45. The van der Waals surface area contributed by atoms with Crippen LogP contribution in [-0.4, -0.2) is 10.2 Å². The van der Waals surface area contributed by atoms with Gasteiger partial charge in [0.1, 0.15) is 11.5 Å². The Hall–Kier alpha value is -1.44. The summed E-state index contributed by atoms with van der Waals surface area (Å²) in [6.45, 7) is 8.49. The van der Waals surface area contributed by atoms with Crippen LogP contribution in [0.5, 0.6) is 11.5 Å². The molecule has 2 rings (SSSR count). The number of aromatic hydroxyl groups is 2. The molecule has 19 heavy (non-hydrogen) atoms. The van der Waals surface area contributed by atoms with Gasteiger partial charge in [0.15, 0.2) is 0 Å². The van der Waals surface area contributed by atoms with E-state index < -0.39 is 0 Å². The van der Waals surface area contributed by atoms with Gasteiger partial charge in [0, 0.05) is 0 Å². The first kappa shape index (κ1) is 14.0. The molecule has 0 fully saturated rings. The van der Waals surface area contributed by atoms with E-state index in [1.165, 1.54) is 12.0 Å². The smallest absolute Gasteiger partial charge is 0.127 e. The monoisotopic (exact) mass is 260 g/mol. The van der Waals surface area contributed by atoms with Crippen LogP contribution in [-0.2, 0) is 0 Å². The summed E-state index contributed by atoms with van der Waals surface area (Å²) >= 11 is 0. The van der Waals surface area contributed by atoms with Crippen LogP contribution in [0, 0.1) is 18.8 Å². The molecular weight excluding hydrogens is 236 g/mol. The normalized spacial score (nSPS) is 20.2. The third-order valence-corrected chi connectivity index (χ3v) is 4.09. The first-order valence-electron chi connectivity index (χ1n) is 7.15. The molecule has 0 heterocycles. The summed E-state index contributed by atoms with van der Waals surface area (Å²) < 4.78 is 0. The zero-order valence-electron chi connectivity index (χ0n) is 12.3. The number of phenolic OH excluding ortho intramolecular Hbond substituents is 2. The maximum Gasteiger partial charge on any atom is 0.127 e. The maximum absolute atomic E-state index is 10.2. The van der Waals surface area contributed by atoms with Gasteiger partial charge in [-0.2, -0.15) is 0 Å². The predicted molar refractivity (Wildman–Crippen MR) is 79.3 cm³/mol. The van der Waals surface area contributed by atoms with E-state index in [-0.39, 0.29) is 11.5 Å². The summed E-state index contributed by atoms with van der Waals surface area (Å²) in [5.41, 5.74) is 4.08. The van der Waals surface area contributed by atoms with Gasteiger partial charge in [0.2, 0.25) is 0 Å². The van der Waals surface area contributed by atoms with Crippen LogP contribution >= 0.6 is 0 Å². The molecule has 2 N–H and O–H groups in total. The van der Waals surface area contributed by atoms with E-state index in [0.29, 0.717) is 17.4 Å². The Morgan fingerprint density at radius 3 is 2.26 bits per heavy atom. The fourth-order valence-corrected chi connectivity index (χ4v) is 3.09. The quantitative estimate of drug-likeness (QED) is 0.813. The predicted octanol–water partition coefficient (Wildman–Crippen LogP) is 4.64. The Bertz CT molecular complexity index is 489. The lowest BCUT2D eigenvalue weighted by atomic mass is 9.77. The van der Waals surface area contributed by atoms with E-state index in [4.69, 9.17) is 0 Å². The van der Waals surface area contributed by atoms with Crippen LogP contribution in [0.3, 0.4) is 0 Å². The summed E-state index contributed by atoms with van der Waals surface area (Å²) in [5.74, 6) is 1.49. The van der Waals surface area contributed by atoms with Gasteiger partial charge in [0.25, 0.3) is 0 Å². The number of phenols is 2. The van der Waals surface area contributed by atoms with Gasteiger partial charge in [-0.25, -0.2) is 0 Å². The molecule has 1 aromatic rings. The van der Waals surface area contributed by atoms with Crippen molar-refractivity contribution in [3.63, 3.8) is 0 Å². The SMILES string of the molecule is Cc1cc(O)c(C2=C(C(C)C)CCC(C)C2)c(O)c1. The summed E-state index contributed by atoms with van der Waals surface area (Å²) in [4.78, 5) is 0. The van der Waals surface area contributed by atoms with Crippen molar-refractivity contribution in [3.8, 4) is 11.5 Å². The van der Waals surface area contributed by atoms with Crippen molar-refractivity contribution in [1.29, 1.82) is 0 Å². The molecule has 1 unspecified atom stereocenters. The molecule has 0 aliphatic heterocycles. The molecular formula is C17H24O2. The number of hydrogen-bond donors (Lipinski definition) is 2. The number of allylic oxidation sites excluding steroid dienone is 2. The fraction of sp³-hybridized carbons (Fsp3) is 0.529. The molecule has 0 bridgehead atoms. The Kier molecular flexibility index (Phi) is 3.88. The topological polar surface area (TPSA) is 40.5 Å². The molecule has 1 atom stereocenters. The van der Waals surface area contributed by atoms with E-state index in [2.05, 4.69) is 20.8 Å². The molecule has 0 saturated heterocycles. The van der Waals surface area contributed by atoms with E-state index in [1.54, 1.807) is 12.1 Å². The molecule has 2 nitrogen and oxygen atoms in total. The lowest BCUT2D eigenvalue weighted by Crippen LogP contribution is -2.11. The van der Waals surface area contributed by atoms with E-state index >= 15 is 0 Å². The number of hydrogen-bond acceptors (Lipinski definition) is 2. The van der Waals surface area contributed by atoms with Crippen molar-refractivity contribution in [3.05, 3.63) is 28.8 Å². The van der Waals surface area contributed by atoms with Crippen LogP contribution in [0.15, 0.2) is 17.7 Å². The standard InChI is InChI=1S/C17H24O2/c1-10(2)13-6-5-11(3)7-14(13)17-15(18)8-12(4)9-16(17)19/h8-11,18-19H,5-7H2,1-4H3. The lowest BCUT2D eigenvalue weighted by Gasteiger charge is -2.28. The third-order valence-electron chi connectivity index (χ3n) is 4.09. The van der Waals surface area contributed by atoms with Gasteiger partial charge in [0.05, 0.1) is 5.56 Å². The molecule has 0 spiro atoms. The van der Waals surface area contributed by atoms with Crippen molar-refractivity contribution >= 4 is 5.57 Å².